The van der Waals surface area contributed by atoms with E-state index in [2.05, 4.69) is 33.0 Å². The summed E-state index contributed by atoms with van der Waals surface area (Å²) in [4.78, 5) is 12.1. The fourth-order valence-corrected chi connectivity index (χ4v) is 2.07. The van der Waals surface area contributed by atoms with Crippen LogP contribution >= 0.6 is 0 Å². The largest absolute Gasteiger partial charge is 0.497 e. The molecule has 0 aromatic heterocycles. The number of amides is 1. The second kappa shape index (κ2) is 7.63. The Bertz CT molecular complexity index is 476. The van der Waals surface area contributed by atoms with Crippen LogP contribution in [-0.2, 0) is 4.79 Å². The maximum absolute atomic E-state index is 12.1. The van der Waals surface area contributed by atoms with Crippen molar-refractivity contribution in [2.24, 2.45) is 11.3 Å². The number of benzene rings is 1. The minimum atomic E-state index is -0.736. The van der Waals surface area contributed by atoms with E-state index in [0.29, 0.717) is 6.42 Å². The summed E-state index contributed by atoms with van der Waals surface area (Å²) < 4.78 is 5.10. The van der Waals surface area contributed by atoms with Gasteiger partial charge in [-0.2, -0.15) is 0 Å². The van der Waals surface area contributed by atoms with Crippen molar-refractivity contribution in [1.82, 2.24) is 5.32 Å². The number of carbonyl (C=O) groups excluding carboxylic acids is 1. The molecular formula is C18H29NO3. The van der Waals surface area contributed by atoms with E-state index < -0.39 is 6.10 Å². The third-order valence-corrected chi connectivity index (χ3v) is 4.29. The highest BCUT2D eigenvalue weighted by Crippen LogP contribution is 2.28. The van der Waals surface area contributed by atoms with Crippen LogP contribution in [0.15, 0.2) is 24.3 Å². The van der Waals surface area contributed by atoms with Gasteiger partial charge in [-0.25, -0.2) is 0 Å². The number of aliphatic hydroxyl groups excluding tert-OH is 1. The van der Waals surface area contributed by atoms with Crippen molar-refractivity contribution in [3.05, 3.63) is 29.8 Å². The van der Waals surface area contributed by atoms with Gasteiger partial charge in [0, 0.05) is 6.42 Å². The summed E-state index contributed by atoms with van der Waals surface area (Å²) in [7, 11) is 1.60. The zero-order valence-corrected chi connectivity index (χ0v) is 14.5. The molecule has 2 N–H and O–H groups in total. The Morgan fingerprint density at radius 2 is 1.77 bits per heavy atom. The first kappa shape index (κ1) is 18.5. The number of carbonyl (C=O) groups is 1. The number of methoxy groups -OCH3 is 1. The molecule has 0 aliphatic rings. The van der Waals surface area contributed by atoms with Crippen LogP contribution in [-0.4, -0.2) is 24.2 Å². The normalized spacial score (nSPS) is 15.8. The summed E-state index contributed by atoms with van der Waals surface area (Å²) in [6.45, 7) is 10.3. The zero-order chi connectivity index (χ0) is 16.9. The molecule has 0 spiro atoms. The summed E-state index contributed by atoms with van der Waals surface area (Å²) in [6.07, 6.45) is -0.275. The van der Waals surface area contributed by atoms with Crippen LogP contribution in [0, 0.1) is 11.3 Å². The van der Waals surface area contributed by atoms with Gasteiger partial charge in [-0.15, -0.1) is 0 Å². The van der Waals surface area contributed by atoms with Gasteiger partial charge < -0.3 is 15.2 Å². The Morgan fingerprint density at radius 3 is 2.23 bits per heavy atom. The standard InChI is InChI=1S/C18H29NO3/c1-12(18(3,4)5)11-16(20)19-13(2)17(21)14-7-9-15(22-6)10-8-14/h7-10,12-13,17,21H,11H2,1-6H3,(H,19,20). The molecule has 1 aromatic carbocycles. The zero-order valence-electron chi connectivity index (χ0n) is 14.5. The summed E-state index contributed by atoms with van der Waals surface area (Å²) in [5.41, 5.74) is 0.854. The SMILES string of the molecule is COc1ccc(C(O)C(C)NC(=O)CC(C)C(C)(C)C)cc1. The highest BCUT2D eigenvalue weighted by molar-refractivity contribution is 5.76. The number of ether oxygens (including phenoxy) is 1. The lowest BCUT2D eigenvalue weighted by Gasteiger charge is -2.28. The van der Waals surface area contributed by atoms with Crippen molar-refractivity contribution in [2.45, 2.75) is 53.2 Å². The Hall–Kier alpha value is -1.55. The Labute approximate surface area is 133 Å². The quantitative estimate of drug-likeness (QED) is 0.847. The minimum absolute atomic E-state index is 0.0255. The summed E-state index contributed by atoms with van der Waals surface area (Å²) >= 11 is 0. The number of hydrogen-bond acceptors (Lipinski definition) is 3. The van der Waals surface area contributed by atoms with Crippen LogP contribution in [0.25, 0.3) is 0 Å². The van der Waals surface area contributed by atoms with E-state index in [-0.39, 0.29) is 23.3 Å². The van der Waals surface area contributed by atoms with Gasteiger partial charge in [-0.3, -0.25) is 4.79 Å². The molecule has 124 valence electrons. The molecule has 0 radical (unpaired) electrons. The summed E-state index contributed by atoms with van der Waals surface area (Å²) in [5.74, 6) is 0.993. The monoisotopic (exact) mass is 307 g/mol. The lowest BCUT2D eigenvalue weighted by molar-refractivity contribution is -0.124. The molecule has 1 rings (SSSR count). The summed E-state index contributed by atoms with van der Waals surface area (Å²) in [6, 6.07) is 6.88. The molecule has 0 aliphatic heterocycles. The van der Waals surface area contributed by atoms with Crippen molar-refractivity contribution in [3.63, 3.8) is 0 Å². The molecule has 22 heavy (non-hydrogen) atoms. The maximum Gasteiger partial charge on any atom is 0.220 e. The van der Waals surface area contributed by atoms with Crippen LogP contribution < -0.4 is 10.1 Å². The first-order chi connectivity index (χ1) is 10.1. The van der Waals surface area contributed by atoms with E-state index in [1.807, 2.05) is 19.1 Å². The molecule has 4 nitrogen and oxygen atoms in total. The molecule has 3 unspecified atom stereocenters. The van der Waals surface area contributed by atoms with E-state index in [1.165, 1.54) is 0 Å². The van der Waals surface area contributed by atoms with E-state index in [0.717, 1.165) is 11.3 Å². The first-order valence-electron chi connectivity index (χ1n) is 7.76. The Balaban J connectivity index is 2.59. The number of hydrogen-bond donors (Lipinski definition) is 2. The van der Waals surface area contributed by atoms with E-state index in [9.17, 15) is 9.90 Å². The van der Waals surface area contributed by atoms with Crippen LogP contribution in [0.4, 0.5) is 0 Å². The minimum Gasteiger partial charge on any atom is -0.497 e. The average Bonchev–Trinajstić information content (AvgIpc) is 2.45. The van der Waals surface area contributed by atoms with Crippen molar-refractivity contribution < 1.29 is 14.6 Å². The number of nitrogens with one attached hydrogen (secondary N) is 1. The Morgan fingerprint density at radius 1 is 1.23 bits per heavy atom. The van der Waals surface area contributed by atoms with E-state index in [4.69, 9.17) is 4.74 Å². The van der Waals surface area contributed by atoms with Gasteiger partial charge in [0.25, 0.3) is 0 Å². The molecule has 0 bridgehead atoms. The predicted molar refractivity (Wildman–Crippen MR) is 88.8 cm³/mol. The number of rotatable bonds is 6. The molecular weight excluding hydrogens is 278 g/mol. The highest BCUT2D eigenvalue weighted by Gasteiger charge is 2.24. The van der Waals surface area contributed by atoms with Gasteiger partial charge in [0.1, 0.15) is 5.75 Å². The fraction of sp³-hybridized carbons (Fsp3) is 0.611. The first-order valence-corrected chi connectivity index (χ1v) is 7.76. The topological polar surface area (TPSA) is 58.6 Å². The van der Waals surface area contributed by atoms with E-state index >= 15 is 0 Å². The van der Waals surface area contributed by atoms with Crippen LogP contribution in [0.1, 0.15) is 52.7 Å². The average molecular weight is 307 g/mol. The molecule has 0 heterocycles. The van der Waals surface area contributed by atoms with Crippen LogP contribution in [0.5, 0.6) is 5.75 Å². The van der Waals surface area contributed by atoms with E-state index in [1.54, 1.807) is 19.2 Å². The molecule has 0 saturated heterocycles. The third kappa shape index (κ3) is 5.34. The third-order valence-electron chi connectivity index (χ3n) is 4.29. The van der Waals surface area contributed by atoms with Crippen molar-refractivity contribution in [2.75, 3.05) is 7.11 Å². The summed E-state index contributed by atoms with van der Waals surface area (Å²) in [5, 5.41) is 13.2. The van der Waals surface area contributed by atoms with Crippen molar-refractivity contribution >= 4 is 5.91 Å². The van der Waals surface area contributed by atoms with Crippen LogP contribution in [0.3, 0.4) is 0 Å². The molecule has 0 fully saturated rings. The van der Waals surface area contributed by atoms with Gasteiger partial charge in [0.15, 0.2) is 0 Å². The highest BCUT2D eigenvalue weighted by atomic mass is 16.5. The second-order valence-electron chi connectivity index (χ2n) is 7.05. The molecule has 0 saturated carbocycles. The van der Waals surface area contributed by atoms with Crippen molar-refractivity contribution in [3.8, 4) is 5.75 Å². The Kier molecular flexibility index (Phi) is 6.42. The van der Waals surface area contributed by atoms with Gasteiger partial charge in [0.2, 0.25) is 5.91 Å². The van der Waals surface area contributed by atoms with Gasteiger partial charge in [0.05, 0.1) is 19.3 Å². The molecule has 4 heteroatoms. The smallest absolute Gasteiger partial charge is 0.220 e. The predicted octanol–water partition coefficient (Wildman–Crippen LogP) is 3.31. The van der Waals surface area contributed by atoms with Gasteiger partial charge in [-0.05, 0) is 36.0 Å². The second-order valence-corrected chi connectivity index (χ2v) is 7.05. The molecule has 0 aliphatic carbocycles. The van der Waals surface area contributed by atoms with Gasteiger partial charge >= 0.3 is 0 Å². The van der Waals surface area contributed by atoms with Crippen molar-refractivity contribution in [1.29, 1.82) is 0 Å². The molecule has 1 aromatic rings. The molecule has 1 amide bonds. The molecule has 3 atom stereocenters. The maximum atomic E-state index is 12.1. The van der Waals surface area contributed by atoms with Gasteiger partial charge in [-0.1, -0.05) is 39.8 Å². The fourth-order valence-electron chi connectivity index (χ4n) is 2.07. The lowest BCUT2D eigenvalue weighted by atomic mass is 9.80. The number of aliphatic hydroxyl groups is 1. The lowest BCUT2D eigenvalue weighted by Crippen LogP contribution is -2.38. The van der Waals surface area contributed by atoms with Crippen LogP contribution in [0.2, 0.25) is 0 Å².